The summed E-state index contributed by atoms with van der Waals surface area (Å²) < 4.78 is 0. The van der Waals surface area contributed by atoms with Gasteiger partial charge in [0.05, 0.1) is 6.21 Å². The number of phenolic OH excluding ortho intramolecular Hbond substituents is 1. The van der Waals surface area contributed by atoms with Crippen molar-refractivity contribution in [3.8, 4) is 5.75 Å². The minimum Gasteiger partial charge on any atom is -0.507 e. The highest BCUT2D eigenvalue weighted by molar-refractivity contribution is 5.93. The molecule has 0 heterocycles. The SMILES string of the molecule is C=CCc1cccc(/C=N/NC(=O)CCC(=O)Nc2ccc(C)cc2)c1O. The molecule has 0 bridgehead atoms. The van der Waals surface area contributed by atoms with Crippen molar-refractivity contribution in [2.24, 2.45) is 5.10 Å². The quantitative estimate of drug-likeness (QED) is 0.381. The van der Waals surface area contributed by atoms with Gasteiger partial charge >= 0.3 is 0 Å². The van der Waals surface area contributed by atoms with Gasteiger partial charge in [0, 0.05) is 24.1 Å². The molecule has 0 aliphatic rings. The number of hydrogen-bond acceptors (Lipinski definition) is 4. The number of para-hydroxylation sites is 1. The molecule has 0 saturated carbocycles. The molecule has 0 aromatic heterocycles. The number of benzene rings is 2. The molecule has 0 spiro atoms. The van der Waals surface area contributed by atoms with Gasteiger partial charge in [-0.25, -0.2) is 5.43 Å². The molecule has 140 valence electrons. The zero-order valence-corrected chi connectivity index (χ0v) is 15.2. The van der Waals surface area contributed by atoms with E-state index in [1.807, 2.05) is 31.2 Å². The maximum atomic E-state index is 11.9. The molecule has 0 aliphatic heterocycles. The predicted molar refractivity (Wildman–Crippen MR) is 107 cm³/mol. The second-order valence-corrected chi connectivity index (χ2v) is 6.06. The van der Waals surface area contributed by atoms with Crippen molar-refractivity contribution in [1.29, 1.82) is 0 Å². The van der Waals surface area contributed by atoms with Crippen LogP contribution < -0.4 is 10.7 Å². The van der Waals surface area contributed by atoms with Gasteiger partial charge in [0.25, 0.3) is 0 Å². The zero-order chi connectivity index (χ0) is 19.6. The first-order valence-corrected chi connectivity index (χ1v) is 8.59. The normalized spacial score (nSPS) is 10.6. The summed E-state index contributed by atoms with van der Waals surface area (Å²) in [6.45, 7) is 5.61. The Morgan fingerprint density at radius 2 is 1.81 bits per heavy atom. The van der Waals surface area contributed by atoms with E-state index in [1.54, 1.807) is 24.3 Å². The van der Waals surface area contributed by atoms with E-state index in [9.17, 15) is 14.7 Å². The second kappa shape index (κ2) is 9.91. The Hall–Kier alpha value is -3.41. The number of amides is 2. The number of rotatable bonds is 8. The average Bonchev–Trinajstić information content (AvgIpc) is 2.65. The third-order valence-electron chi connectivity index (χ3n) is 3.82. The third-order valence-corrected chi connectivity index (χ3v) is 3.82. The van der Waals surface area contributed by atoms with Gasteiger partial charge in [0.15, 0.2) is 0 Å². The third kappa shape index (κ3) is 6.43. The van der Waals surface area contributed by atoms with Gasteiger partial charge in [-0.2, -0.15) is 5.10 Å². The zero-order valence-electron chi connectivity index (χ0n) is 15.2. The lowest BCUT2D eigenvalue weighted by Gasteiger charge is -2.06. The van der Waals surface area contributed by atoms with Crippen molar-refractivity contribution >= 4 is 23.7 Å². The standard InChI is InChI=1S/C21H23N3O3/c1-3-5-16-6-4-7-17(21(16)27)14-22-24-20(26)13-12-19(25)23-18-10-8-15(2)9-11-18/h3-4,6-11,14,27H,1,5,12-13H2,2H3,(H,23,25)(H,24,26)/b22-14+. The van der Waals surface area contributed by atoms with E-state index in [4.69, 9.17) is 0 Å². The highest BCUT2D eigenvalue weighted by Gasteiger charge is 2.07. The van der Waals surface area contributed by atoms with Crippen molar-refractivity contribution in [2.45, 2.75) is 26.2 Å². The summed E-state index contributed by atoms with van der Waals surface area (Å²) in [5.74, 6) is -0.521. The predicted octanol–water partition coefficient (Wildman–Crippen LogP) is 3.30. The molecule has 27 heavy (non-hydrogen) atoms. The van der Waals surface area contributed by atoms with Crippen molar-refractivity contribution in [1.82, 2.24) is 5.43 Å². The smallest absolute Gasteiger partial charge is 0.240 e. The number of nitrogens with one attached hydrogen (secondary N) is 2. The van der Waals surface area contributed by atoms with Gasteiger partial charge in [-0.1, -0.05) is 35.9 Å². The molecular weight excluding hydrogens is 342 g/mol. The molecule has 2 aromatic rings. The van der Waals surface area contributed by atoms with Gasteiger partial charge < -0.3 is 10.4 Å². The van der Waals surface area contributed by atoms with Crippen LogP contribution in [0.25, 0.3) is 0 Å². The Balaban J connectivity index is 1.79. The van der Waals surface area contributed by atoms with E-state index in [0.717, 1.165) is 11.1 Å². The number of aromatic hydroxyl groups is 1. The molecule has 0 unspecified atom stereocenters. The number of nitrogens with zero attached hydrogens (tertiary/aromatic N) is 1. The molecule has 2 rings (SSSR count). The van der Waals surface area contributed by atoms with Gasteiger partial charge in [0.2, 0.25) is 11.8 Å². The lowest BCUT2D eigenvalue weighted by Crippen LogP contribution is -2.20. The average molecular weight is 365 g/mol. The lowest BCUT2D eigenvalue weighted by atomic mass is 10.1. The minimum absolute atomic E-state index is 0.0114. The van der Waals surface area contributed by atoms with E-state index in [0.29, 0.717) is 17.7 Å². The summed E-state index contributed by atoms with van der Waals surface area (Å²) in [7, 11) is 0. The number of carbonyl (C=O) groups excluding carboxylic acids is 2. The van der Waals surface area contributed by atoms with Crippen LogP contribution in [0.2, 0.25) is 0 Å². The van der Waals surface area contributed by atoms with Crippen LogP contribution in [0.1, 0.15) is 29.5 Å². The fourth-order valence-corrected chi connectivity index (χ4v) is 2.35. The molecule has 6 nitrogen and oxygen atoms in total. The lowest BCUT2D eigenvalue weighted by molar-refractivity contribution is -0.124. The molecule has 0 radical (unpaired) electrons. The van der Waals surface area contributed by atoms with E-state index in [1.165, 1.54) is 6.21 Å². The minimum atomic E-state index is -0.382. The van der Waals surface area contributed by atoms with E-state index in [2.05, 4.69) is 22.4 Å². The Labute approximate surface area is 158 Å². The number of allylic oxidation sites excluding steroid dienone is 1. The molecule has 0 fully saturated rings. The Morgan fingerprint density at radius 1 is 1.11 bits per heavy atom. The van der Waals surface area contributed by atoms with Crippen molar-refractivity contribution < 1.29 is 14.7 Å². The maximum absolute atomic E-state index is 11.9. The second-order valence-electron chi connectivity index (χ2n) is 6.06. The van der Waals surface area contributed by atoms with Crippen LogP contribution in [-0.4, -0.2) is 23.1 Å². The first-order valence-electron chi connectivity index (χ1n) is 8.59. The van der Waals surface area contributed by atoms with Gasteiger partial charge in [-0.15, -0.1) is 6.58 Å². The van der Waals surface area contributed by atoms with Crippen LogP contribution in [0.5, 0.6) is 5.75 Å². The Kier molecular flexibility index (Phi) is 7.31. The highest BCUT2D eigenvalue weighted by Crippen LogP contribution is 2.21. The highest BCUT2D eigenvalue weighted by atomic mass is 16.3. The molecule has 0 atom stereocenters. The number of hydrazone groups is 1. The fraction of sp³-hybridized carbons (Fsp3) is 0.190. The van der Waals surface area contributed by atoms with Crippen LogP contribution in [0.3, 0.4) is 0 Å². The van der Waals surface area contributed by atoms with Gasteiger partial charge in [-0.05, 0) is 37.1 Å². The van der Waals surface area contributed by atoms with E-state index >= 15 is 0 Å². The Morgan fingerprint density at radius 3 is 2.52 bits per heavy atom. The van der Waals surface area contributed by atoms with Crippen molar-refractivity contribution in [3.05, 3.63) is 71.8 Å². The van der Waals surface area contributed by atoms with E-state index < -0.39 is 0 Å². The summed E-state index contributed by atoms with van der Waals surface area (Å²) in [5.41, 5.74) is 5.37. The van der Waals surface area contributed by atoms with Gasteiger partial charge in [-0.3, -0.25) is 9.59 Å². The summed E-state index contributed by atoms with van der Waals surface area (Å²) in [5, 5.41) is 16.7. The molecular formula is C21H23N3O3. The van der Waals surface area contributed by atoms with Gasteiger partial charge in [0.1, 0.15) is 5.75 Å². The number of hydrogen-bond donors (Lipinski definition) is 3. The molecule has 6 heteroatoms. The van der Waals surface area contributed by atoms with E-state index in [-0.39, 0.29) is 30.4 Å². The number of aryl methyl sites for hydroxylation is 1. The Bertz CT molecular complexity index is 842. The number of phenols is 1. The van der Waals surface area contributed by atoms with Crippen molar-refractivity contribution in [3.63, 3.8) is 0 Å². The van der Waals surface area contributed by atoms with Crippen LogP contribution in [0, 0.1) is 6.92 Å². The number of anilines is 1. The topological polar surface area (TPSA) is 90.8 Å². The summed E-state index contributed by atoms with van der Waals surface area (Å²) >= 11 is 0. The van der Waals surface area contributed by atoms with Crippen LogP contribution in [0.4, 0.5) is 5.69 Å². The largest absolute Gasteiger partial charge is 0.507 e. The summed E-state index contributed by atoms with van der Waals surface area (Å²) in [4.78, 5) is 23.7. The van der Waals surface area contributed by atoms with Crippen LogP contribution in [-0.2, 0) is 16.0 Å². The van der Waals surface area contributed by atoms with Crippen LogP contribution in [0.15, 0.2) is 60.2 Å². The molecule has 2 amide bonds. The molecule has 0 aliphatic carbocycles. The summed E-state index contributed by atoms with van der Waals surface area (Å²) in [6, 6.07) is 12.7. The first kappa shape index (κ1) is 19.9. The summed E-state index contributed by atoms with van der Waals surface area (Å²) in [6.07, 6.45) is 3.66. The molecule has 3 N–H and O–H groups in total. The first-order chi connectivity index (χ1) is 13.0. The number of carbonyl (C=O) groups is 2. The maximum Gasteiger partial charge on any atom is 0.240 e. The molecule has 2 aromatic carbocycles. The van der Waals surface area contributed by atoms with Crippen LogP contribution >= 0.6 is 0 Å². The fourth-order valence-electron chi connectivity index (χ4n) is 2.35. The monoisotopic (exact) mass is 365 g/mol. The van der Waals surface area contributed by atoms with Crippen molar-refractivity contribution in [2.75, 3.05) is 5.32 Å². The molecule has 0 saturated heterocycles.